The van der Waals surface area contributed by atoms with E-state index in [2.05, 4.69) is 20.7 Å². The molecule has 0 saturated carbocycles. The van der Waals surface area contributed by atoms with Gasteiger partial charge in [-0.3, -0.25) is 4.79 Å². The number of hydrogen-bond acceptors (Lipinski definition) is 6. The molecule has 12 heteroatoms. The Kier molecular flexibility index (Phi) is 9.90. The lowest BCUT2D eigenvalue weighted by Gasteiger charge is -2.35. The van der Waals surface area contributed by atoms with Crippen molar-refractivity contribution in [2.24, 2.45) is 4.99 Å². The number of hydrogen-bond donors (Lipinski definition) is 2. The molecule has 2 aromatic rings. The van der Waals surface area contributed by atoms with Gasteiger partial charge in [0.2, 0.25) is 10.0 Å². The highest BCUT2D eigenvalue weighted by molar-refractivity contribution is 14.0. The van der Waals surface area contributed by atoms with Gasteiger partial charge in [0.15, 0.2) is 5.96 Å². The number of nitrogens with zero attached hydrogens (tertiary/aromatic N) is 4. The summed E-state index contributed by atoms with van der Waals surface area (Å²) < 4.78 is 31.4. The number of aliphatic imine (C=N–C) groups is 1. The monoisotopic (exact) mass is 576 g/mol. The first kappa shape index (κ1) is 26.1. The van der Waals surface area contributed by atoms with E-state index in [0.717, 1.165) is 11.5 Å². The Hall–Kier alpha value is -2.19. The van der Waals surface area contributed by atoms with E-state index < -0.39 is 10.0 Å². The maximum Gasteiger partial charge on any atom is 0.251 e. The Bertz CT molecular complexity index is 988. The maximum atomic E-state index is 12.6. The van der Waals surface area contributed by atoms with E-state index in [0.29, 0.717) is 50.5 Å². The first-order valence-corrected chi connectivity index (χ1v) is 11.7. The minimum absolute atomic E-state index is 0. The average Bonchev–Trinajstić information content (AvgIpc) is 3.29. The molecule has 10 nitrogen and oxygen atoms in total. The standard InChI is InChI=1S/C20H28N6O4S.HI/c1-3-22-20(23-14-16-4-6-17(7-5-16)19(27)21-2)25-9-11-26(12-10-25)31(28,29)15-18-8-13-30-24-18;/h4-8,13H,3,9-12,14-15H2,1-2H3,(H,21,27)(H,22,23);1H. The molecule has 0 unspecified atom stereocenters. The fraction of sp³-hybridized carbons (Fsp3) is 0.450. The largest absolute Gasteiger partial charge is 0.364 e. The maximum absolute atomic E-state index is 12.6. The van der Waals surface area contributed by atoms with E-state index in [1.54, 1.807) is 25.2 Å². The number of aromatic nitrogens is 1. The molecular formula is C20H29IN6O4S. The van der Waals surface area contributed by atoms with Gasteiger partial charge < -0.3 is 20.1 Å². The SMILES string of the molecule is CCNC(=NCc1ccc(C(=O)NC)cc1)N1CCN(S(=O)(=O)Cc2ccon2)CC1.I. The van der Waals surface area contributed by atoms with Crippen LogP contribution in [-0.2, 0) is 22.3 Å². The summed E-state index contributed by atoms with van der Waals surface area (Å²) in [5.41, 5.74) is 1.99. The zero-order valence-electron chi connectivity index (χ0n) is 18.2. The molecule has 1 aliphatic heterocycles. The Balaban J connectivity index is 0.00000363. The van der Waals surface area contributed by atoms with Crippen molar-refractivity contribution in [3.8, 4) is 0 Å². The number of benzene rings is 1. The first-order chi connectivity index (χ1) is 14.9. The molecule has 2 N–H and O–H groups in total. The van der Waals surface area contributed by atoms with Crippen LogP contribution >= 0.6 is 24.0 Å². The van der Waals surface area contributed by atoms with Crippen LogP contribution in [0.3, 0.4) is 0 Å². The smallest absolute Gasteiger partial charge is 0.251 e. The summed E-state index contributed by atoms with van der Waals surface area (Å²) in [4.78, 5) is 18.4. The summed E-state index contributed by atoms with van der Waals surface area (Å²) in [6.07, 6.45) is 1.37. The second kappa shape index (κ2) is 12.2. The molecule has 1 aromatic heterocycles. The van der Waals surface area contributed by atoms with Crippen molar-refractivity contribution in [1.29, 1.82) is 0 Å². The average molecular weight is 576 g/mol. The number of piperazine rings is 1. The highest BCUT2D eigenvalue weighted by atomic mass is 127. The van der Waals surface area contributed by atoms with E-state index in [9.17, 15) is 13.2 Å². The number of amides is 1. The Morgan fingerprint density at radius 3 is 2.41 bits per heavy atom. The van der Waals surface area contributed by atoms with Gasteiger partial charge >= 0.3 is 0 Å². The van der Waals surface area contributed by atoms with Gasteiger partial charge in [0.05, 0.1) is 12.2 Å². The molecule has 0 radical (unpaired) electrons. The topological polar surface area (TPSA) is 120 Å². The number of nitrogens with one attached hydrogen (secondary N) is 2. The van der Waals surface area contributed by atoms with Gasteiger partial charge in [0, 0.05) is 51.4 Å². The summed E-state index contributed by atoms with van der Waals surface area (Å²) in [7, 11) is -1.85. The van der Waals surface area contributed by atoms with Crippen molar-refractivity contribution in [2.45, 2.75) is 19.2 Å². The van der Waals surface area contributed by atoms with Crippen LogP contribution < -0.4 is 10.6 Å². The molecular weight excluding hydrogens is 547 g/mol. The number of carbonyl (C=O) groups excluding carboxylic acids is 1. The van der Waals surface area contributed by atoms with Gasteiger partial charge in [-0.25, -0.2) is 13.4 Å². The quantitative estimate of drug-likeness (QED) is 0.290. The van der Waals surface area contributed by atoms with Crippen molar-refractivity contribution in [3.63, 3.8) is 0 Å². The number of halogens is 1. The summed E-state index contributed by atoms with van der Waals surface area (Å²) in [5.74, 6) is 0.454. The normalized spacial score (nSPS) is 15.2. The molecule has 1 aliphatic rings. The van der Waals surface area contributed by atoms with Gasteiger partial charge in [-0.05, 0) is 24.6 Å². The minimum atomic E-state index is -3.45. The first-order valence-electron chi connectivity index (χ1n) is 10.1. The van der Waals surface area contributed by atoms with Gasteiger partial charge in [-0.1, -0.05) is 17.3 Å². The van der Waals surface area contributed by atoms with Crippen LogP contribution in [0.1, 0.15) is 28.5 Å². The lowest BCUT2D eigenvalue weighted by Crippen LogP contribution is -2.53. The van der Waals surface area contributed by atoms with Gasteiger partial charge in [0.1, 0.15) is 12.0 Å². The number of guanidine groups is 1. The molecule has 1 fully saturated rings. The molecule has 2 heterocycles. The molecule has 0 bridgehead atoms. The fourth-order valence-electron chi connectivity index (χ4n) is 3.27. The zero-order valence-corrected chi connectivity index (χ0v) is 21.3. The summed E-state index contributed by atoms with van der Waals surface area (Å²) >= 11 is 0. The van der Waals surface area contributed by atoms with E-state index in [1.165, 1.54) is 10.6 Å². The van der Waals surface area contributed by atoms with E-state index in [4.69, 9.17) is 9.52 Å². The molecule has 0 spiro atoms. The predicted octanol–water partition coefficient (Wildman–Crippen LogP) is 1.27. The number of rotatable bonds is 7. The number of carbonyl (C=O) groups is 1. The van der Waals surface area contributed by atoms with Crippen molar-refractivity contribution in [3.05, 3.63) is 53.4 Å². The Labute approximate surface area is 205 Å². The van der Waals surface area contributed by atoms with Crippen LogP contribution in [0.15, 0.2) is 46.1 Å². The Morgan fingerprint density at radius 1 is 1.16 bits per heavy atom. The summed E-state index contributed by atoms with van der Waals surface area (Å²) in [6.45, 7) is 5.00. The third-order valence-corrected chi connectivity index (χ3v) is 6.76. The van der Waals surface area contributed by atoms with Crippen LogP contribution in [0.25, 0.3) is 0 Å². The third kappa shape index (κ3) is 6.90. The molecule has 1 saturated heterocycles. The van der Waals surface area contributed by atoms with Crippen molar-refractivity contribution in [2.75, 3.05) is 39.8 Å². The highest BCUT2D eigenvalue weighted by Gasteiger charge is 2.29. The predicted molar refractivity (Wildman–Crippen MR) is 132 cm³/mol. The highest BCUT2D eigenvalue weighted by Crippen LogP contribution is 2.13. The molecule has 1 aromatic carbocycles. The number of sulfonamides is 1. The van der Waals surface area contributed by atoms with Gasteiger partial charge in [0.25, 0.3) is 5.91 Å². The zero-order chi connectivity index (χ0) is 22.3. The lowest BCUT2D eigenvalue weighted by molar-refractivity contribution is 0.0963. The van der Waals surface area contributed by atoms with Crippen LogP contribution in [0, 0.1) is 0 Å². The van der Waals surface area contributed by atoms with Gasteiger partial charge in [-0.2, -0.15) is 4.31 Å². The summed E-state index contributed by atoms with van der Waals surface area (Å²) in [6, 6.07) is 8.87. The molecule has 176 valence electrons. The van der Waals surface area contributed by atoms with E-state index in [-0.39, 0.29) is 35.6 Å². The van der Waals surface area contributed by atoms with Crippen molar-refractivity contribution >= 4 is 45.9 Å². The van der Waals surface area contributed by atoms with E-state index >= 15 is 0 Å². The van der Waals surface area contributed by atoms with Crippen LogP contribution in [0.4, 0.5) is 0 Å². The molecule has 3 rings (SSSR count). The van der Waals surface area contributed by atoms with Crippen LogP contribution in [0.5, 0.6) is 0 Å². The fourth-order valence-corrected chi connectivity index (χ4v) is 4.69. The second-order valence-electron chi connectivity index (χ2n) is 7.08. The van der Waals surface area contributed by atoms with Crippen LogP contribution in [-0.4, -0.2) is 74.4 Å². The minimum Gasteiger partial charge on any atom is -0.364 e. The lowest BCUT2D eigenvalue weighted by atomic mass is 10.1. The van der Waals surface area contributed by atoms with Crippen molar-refractivity contribution < 1.29 is 17.7 Å². The van der Waals surface area contributed by atoms with Crippen LogP contribution in [0.2, 0.25) is 0 Å². The van der Waals surface area contributed by atoms with E-state index in [1.807, 2.05) is 19.1 Å². The molecule has 0 aliphatic carbocycles. The van der Waals surface area contributed by atoms with Gasteiger partial charge in [-0.15, -0.1) is 24.0 Å². The summed E-state index contributed by atoms with van der Waals surface area (Å²) in [5, 5.41) is 9.57. The molecule has 32 heavy (non-hydrogen) atoms. The Morgan fingerprint density at radius 2 is 1.84 bits per heavy atom. The van der Waals surface area contributed by atoms with Crippen molar-refractivity contribution in [1.82, 2.24) is 25.0 Å². The second-order valence-corrected chi connectivity index (χ2v) is 9.05. The third-order valence-electron chi connectivity index (χ3n) is 4.94. The molecule has 0 atom stereocenters. The molecule has 1 amide bonds.